The molecule has 0 bridgehead atoms. The van der Waals surface area contributed by atoms with Crippen LogP contribution in [0.4, 0.5) is 0 Å². The molecule has 0 amide bonds. The predicted octanol–water partition coefficient (Wildman–Crippen LogP) is 5.92. The van der Waals surface area contributed by atoms with Crippen molar-refractivity contribution in [2.75, 3.05) is 7.11 Å². The van der Waals surface area contributed by atoms with Crippen molar-refractivity contribution in [3.05, 3.63) is 94.8 Å². The zero-order chi connectivity index (χ0) is 18.6. The van der Waals surface area contributed by atoms with Crippen molar-refractivity contribution in [2.45, 2.75) is 6.54 Å². The molecular weight excluding hydrogens is 356 g/mol. The highest BCUT2D eigenvalue weighted by Crippen LogP contribution is 2.21. The summed E-state index contributed by atoms with van der Waals surface area (Å²) in [7, 11) is 1.67. The molecule has 0 N–H and O–H groups in total. The molecule has 0 aliphatic rings. The number of benzene rings is 3. The van der Waals surface area contributed by atoms with Crippen LogP contribution < -0.4 is 4.74 Å². The third-order valence-corrected chi connectivity index (χ3v) is 4.73. The molecule has 0 radical (unpaired) electrons. The lowest BCUT2D eigenvalue weighted by molar-refractivity contribution is 0.415. The minimum atomic E-state index is 0.736. The van der Waals surface area contributed by atoms with Crippen LogP contribution in [0.3, 0.4) is 0 Å². The molecule has 0 aliphatic carbocycles. The molecule has 3 nitrogen and oxygen atoms in total. The number of hydrogen-bond acceptors (Lipinski definition) is 2. The average Bonchev–Trinajstić information content (AvgIpc) is 3.06. The maximum atomic E-state index is 6.02. The van der Waals surface area contributed by atoms with E-state index in [1.807, 2.05) is 66.7 Å². The molecule has 4 aromatic rings. The Hall–Kier alpha value is -3.04. The van der Waals surface area contributed by atoms with Crippen molar-refractivity contribution in [3.63, 3.8) is 0 Å². The fraction of sp³-hybridized carbons (Fsp3) is 0.0870. The van der Waals surface area contributed by atoms with Crippen LogP contribution in [0.2, 0.25) is 5.02 Å². The first-order valence-corrected chi connectivity index (χ1v) is 9.12. The maximum Gasteiger partial charge on any atom is 0.134 e. The molecule has 4 rings (SSSR count). The minimum absolute atomic E-state index is 0.736. The van der Waals surface area contributed by atoms with E-state index in [9.17, 15) is 0 Å². The second kappa shape index (κ2) is 7.68. The van der Waals surface area contributed by atoms with Gasteiger partial charge >= 0.3 is 0 Å². The van der Waals surface area contributed by atoms with Crippen LogP contribution >= 0.6 is 11.6 Å². The Morgan fingerprint density at radius 1 is 0.926 bits per heavy atom. The first kappa shape index (κ1) is 17.4. The molecule has 0 aliphatic heterocycles. The second-order valence-corrected chi connectivity index (χ2v) is 6.71. The van der Waals surface area contributed by atoms with Crippen LogP contribution in [0.15, 0.2) is 72.8 Å². The van der Waals surface area contributed by atoms with Gasteiger partial charge in [0.25, 0.3) is 0 Å². The van der Waals surface area contributed by atoms with Gasteiger partial charge in [0.05, 0.1) is 18.1 Å². The van der Waals surface area contributed by atoms with Gasteiger partial charge in [0.1, 0.15) is 11.6 Å². The summed E-state index contributed by atoms with van der Waals surface area (Å²) in [5.74, 6) is 1.77. The van der Waals surface area contributed by atoms with Crippen LogP contribution in [0.1, 0.15) is 17.0 Å². The third-order valence-electron chi connectivity index (χ3n) is 4.48. The summed E-state index contributed by atoms with van der Waals surface area (Å²) in [5.41, 5.74) is 4.38. The lowest BCUT2D eigenvalue weighted by atomic mass is 10.2. The fourth-order valence-electron chi connectivity index (χ4n) is 3.05. The van der Waals surface area contributed by atoms with Gasteiger partial charge in [-0.05, 0) is 53.6 Å². The number of ether oxygens (including phenoxy) is 1. The van der Waals surface area contributed by atoms with E-state index < -0.39 is 0 Å². The first-order chi connectivity index (χ1) is 13.2. The lowest BCUT2D eigenvalue weighted by Crippen LogP contribution is -2.02. The Kier molecular flexibility index (Phi) is 4.95. The van der Waals surface area contributed by atoms with Crippen LogP contribution in [0.5, 0.6) is 5.75 Å². The molecular formula is C23H19ClN2O. The van der Waals surface area contributed by atoms with E-state index >= 15 is 0 Å². The smallest absolute Gasteiger partial charge is 0.134 e. The number of rotatable bonds is 5. The number of aromatic nitrogens is 2. The Bertz CT molecular complexity index is 1080. The van der Waals surface area contributed by atoms with Gasteiger partial charge in [0, 0.05) is 11.6 Å². The summed E-state index contributed by atoms with van der Waals surface area (Å²) in [6, 6.07) is 24.1. The zero-order valence-electron chi connectivity index (χ0n) is 15.0. The summed E-state index contributed by atoms with van der Waals surface area (Å²) in [6.07, 6.45) is 4.12. The van der Waals surface area contributed by atoms with Crippen molar-refractivity contribution >= 4 is 34.8 Å². The SMILES string of the molecule is COc1ccc(C=Cc2nc3ccccc3n2Cc2ccc(Cl)cc2)cc1. The van der Waals surface area contributed by atoms with E-state index in [0.717, 1.165) is 39.7 Å². The summed E-state index contributed by atoms with van der Waals surface area (Å²) < 4.78 is 7.44. The van der Waals surface area contributed by atoms with E-state index in [1.54, 1.807) is 7.11 Å². The minimum Gasteiger partial charge on any atom is -0.497 e. The zero-order valence-corrected chi connectivity index (χ0v) is 15.7. The average molecular weight is 375 g/mol. The molecule has 134 valence electrons. The van der Waals surface area contributed by atoms with E-state index in [4.69, 9.17) is 21.3 Å². The van der Waals surface area contributed by atoms with Crippen molar-refractivity contribution in [3.8, 4) is 5.75 Å². The van der Waals surface area contributed by atoms with Gasteiger partial charge in [-0.2, -0.15) is 0 Å². The molecule has 0 saturated carbocycles. The van der Waals surface area contributed by atoms with Crippen molar-refractivity contribution in [1.29, 1.82) is 0 Å². The number of fused-ring (bicyclic) bond motifs is 1. The molecule has 3 aromatic carbocycles. The summed E-state index contributed by atoms with van der Waals surface area (Å²) >= 11 is 6.02. The lowest BCUT2D eigenvalue weighted by Gasteiger charge is -2.08. The number of halogens is 1. The highest BCUT2D eigenvalue weighted by Gasteiger charge is 2.09. The highest BCUT2D eigenvalue weighted by atomic mass is 35.5. The second-order valence-electron chi connectivity index (χ2n) is 6.28. The normalized spacial score (nSPS) is 11.3. The molecule has 1 aromatic heterocycles. The Morgan fingerprint density at radius 2 is 1.67 bits per heavy atom. The summed E-state index contributed by atoms with van der Waals surface area (Å²) in [5, 5.41) is 0.744. The van der Waals surface area contributed by atoms with E-state index in [2.05, 4.69) is 22.8 Å². The number of hydrogen-bond donors (Lipinski definition) is 0. The third kappa shape index (κ3) is 3.88. The number of imidazole rings is 1. The topological polar surface area (TPSA) is 27.1 Å². The van der Waals surface area contributed by atoms with Crippen LogP contribution in [0, 0.1) is 0 Å². The molecule has 27 heavy (non-hydrogen) atoms. The quantitative estimate of drug-likeness (QED) is 0.433. The maximum absolute atomic E-state index is 6.02. The van der Waals surface area contributed by atoms with Gasteiger partial charge in [0.2, 0.25) is 0 Å². The molecule has 0 atom stereocenters. The van der Waals surface area contributed by atoms with Crippen LogP contribution in [-0.4, -0.2) is 16.7 Å². The van der Waals surface area contributed by atoms with Crippen LogP contribution in [0.25, 0.3) is 23.2 Å². The van der Waals surface area contributed by atoms with Gasteiger partial charge < -0.3 is 9.30 Å². The monoisotopic (exact) mass is 374 g/mol. The van der Waals surface area contributed by atoms with Gasteiger partial charge in [-0.1, -0.05) is 54.1 Å². The van der Waals surface area contributed by atoms with E-state index in [-0.39, 0.29) is 0 Å². The molecule has 4 heteroatoms. The molecule has 0 fully saturated rings. The molecule has 1 heterocycles. The van der Waals surface area contributed by atoms with Crippen molar-refractivity contribution < 1.29 is 4.74 Å². The van der Waals surface area contributed by atoms with Gasteiger partial charge in [-0.25, -0.2) is 4.98 Å². The predicted molar refractivity (Wildman–Crippen MR) is 112 cm³/mol. The largest absolute Gasteiger partial charge is 0.497 e. The Morgan fingerprint density at radius 3 is 2.41 bits per heavy atom. The number of nitrogens with zero attached hydrogens (tertiary/aromatic N) is 2. The molecule has 0 unspecified atom stereocenters. The summed E-state index contributed by atoms with van der Waals surface area (Å²) in [6.45, 7) is 0.736. The Balaban J connectivity index is 1.70. The first-order valence-electron chi connectivity index (χ1n) is 8.75. The van der Waals surface area contributed by atoms with Gasteiger partial charge in [-0.3, -0.25) is 0 Å². The summed E-state index contributed by atoms with van der Waals surface area (Å²) in [4.78, 5) is 4.80. The van der Waals surface area contributed by atoms with Gasteiger partial charge in [0.15, 0.2) is 0 Å². The van der Waals surface area contributed by atoms with Crippen molar-refractivity contribution in [2.24, 2.45) is 0 Å². The van der Waals surface area contributed by atoms with Gasteiger partial charge in [-0.15, -0.1) is 0 Å². The van der Waals surface area contributed by atoms with E-state index in [0.29, 0.717) is 0 Å². The molecule has 0 spiro atoms. The molecule has 0 saturated heterocycles. The standard InChI is InChI=1S/C23H19ClN2O/c1-27-20-13-8-17(9-14-20)10-15-23-25-21-4-2-3-5-22(21)26(23)16-18-6-11-19(24)12-7-18/h2-15H,16H2,1H3. The number of para-hydroxylation sites is 2. The van der Waals surface area contributed by atoms with E-state index in [1.165, 1.54) is 5.56 Å². The van der Waals surface area contributed by atoms with Crippen molar-refractivity contribution in [1.82, 2.24) is 9.55 Å². The Labute approximate surface area is 163 Å². The fourth-order valence-corrected chi connectivity index (χ4v) is 3.17. The highest BCUT2D eigenvalue weighted by molar-refractivity contribution is 6.30. The number of methoxy groups -OCH3 is 1. The van der Waals surface area contributed by atoms with Crippen LogP contribution in [-0.2, 0) is 6.54 Å².